The Bertz CT molecular complexity index is 626. The predicted octanol–water partition coefficient (Wildman–Crippen LogP) is 3.96. The van der Waals surface area contributed by atoms with Crippen molar-refractivity contribution in [2.45, 2.75) is 4.21 Å². The van der Waals surface area contributed by atoms with Gasteiger partial charge in [-0.2, -0.15) is 0 Å². The maximum absolute atomic E-state index is 12.0. The van der Waals surface area contributed by atoms with E-state index < -0.39 is 10.0 Å². The van der Waals surface area contributed by atoms with Crippen LogP contribution in [0.25, 0.3) is 0 Å². The Morgan fingerprint density at radius 1 is 1.24 bits per heavy atom. The minimum Gasteiger partial charge on any atom is -0.278 e. The van der Waals surface area contributed by atoms with Crippen LogP contribution in [-0.2, 0) is 10.0 Å². The number of halogens is 2. The second-order valence-corrected chi connectivity index (χ2v) is 7.20. The van der Waals surface area contributed by atoms with Crippen molar-refractivity contribution in [1.82, 2.24) is 0 Å². The topological polar surface area (TPSA) is 46.2 Å². The molecule has 2 rings (SSSR count). The number of hydrogen-bond acceptors (Lipinski definition) is 3. The Labute approximate surface area is 117 Å². The molecule has 2 aromatic rings. The second kappa shape index (κ2) is 4.97. The van der Waals surface area contributed by atoms with Crippen LogP contribution in [-0.4, -0.2) is 8.42 Å². The maximum Gasteiger partial charge on any atom is 0.271 e. The van der Waals surface area contributed by atoms with Gasteiger partial charge >= 0.3 is 0 Å². The van der Waals surface area contributed by atoms with Crippen LogP contribution >= 0.6 is 38.9 Å². The summed E-state index contributed by atoms with van der Waals surface area (Å²) in [5.41, 5.74) is 0.422. The van der Waals surface area contributed by atoms with Crippen LogP contribution in [0.4, 0.5) is 5.69 Å². The van der Waals surface area contributed by atoms with Crippen molar-refractivity contribution in [1.29, 1.82) is 0 Å². The average Bonchev–Trinajstić information content (AvgIpc) is 2.78. The van der Waals surface area contributed by atoms with E-state index in [-0.39, 0.29) is 4.21 Å². The largest absolute Gasteiger partial charge is 0.278 e. The van der Waals surface area contributed by atoms with Gasteiger partial charge in [0, 0.05) is 0 Å². The summed E-state index contributed by atoms with van der Waals surface area (Å²) in [7, 11) is -3.53. The fraction of sp³-hybridized carbons (Fsp3) is 0. The molecule has 1 aromatic heterocycles. The molecule has 0 saturated heterocycles. The molecular weight excluding hydrogens is 346 g/mol. The van der Waals surface area contributed by atoms with Gasteiger partial charge in [0.25, 0.3) is 10.0 Å². The molecule has 17 heavy (non-hydrogen) atoms. The predicted molar refractivity (Wildman–Crippen MR) is 74.3 cm³/mol. The molecule has 0 aliphatic rings. The third kappa shape index (κ3) is 2.82. The lowest BCUT2D eigenvalue weighted by Gasteiger charge is -2.08. The van der Waals surface area contributed by atoms with Gasteiger partial charge in [0.05, 0.1) is 15.2 Å². The van der Waals surface area contributed by atoms with Gasteiger partial charge in [0.1, 0.15) is 4.21 Å². The molecule has 1 N–H and O–H groups in total. The molecule has 1 heterocycles. The summed E-state index contributed by atoms with van der Waals surface area (Å²) in [5.74, 6) is 0. The van der Waals surface area contributed by atoms with Gasteiger partial charge in [0.2, 0.25) is 0 Å². The third-order valence-electron chi connectivity index (χ3n) is 1.96. The minimum absolute atomic E-state index is 0.268. The molecule has 0 aliphatic carbocycles. The van der Waals surface area contributed by atoms with Crippen molar-refractivity contribution in [2.75, 3.05) is 4.72 Å². The van der Waals surface area contributed by atoms with E-state index in [9.17, 15) is 8.42 Å². The van der Waals surface area contributed by atoms with E-state index in [4.69, 9.17) is 11.6 Å². The lowest BCUT2D eigenvalue weighted by molar-refractivity contribution is 0.603. The summed E-state index contributed by atoms with van der Waals surface area (Å²) in [6, 6.07) is 8.23. The molecule has 3 nitrogen and oxygen atoms in total. The molecule has 90 valence electrons. The van der Waals surface area contributed by atoms with Gasteiger partial charge in [-0.15, -0.1) is 11.3 Å². The minimum atomic E-state index is -3.53. The normalized spacial score (nSPS) is 11.4. The van der Waals surface area contributed by atoms with Crippen molar-refractivity contribution in [2.24, 2.45) is 0 Å². The molecule has 7 heteroatoms. The highest BCUT2D eigenvalue weighted by molar-refractivity contribution is 9.10. The first-order valence-electron chi connectivity index (χ1n) is 4.51. The van der Waals surface area contributed by atoms with Crippen LogP contribution in [0, 0.1) is 0 Å². The van der Waals surface area contributed by atoms with Crippen molar-refractivity contribution < 1.29 is 8.42 Å². The van der Waals surface area contributed by atoms with Crippen molar-refractivity contribution in [3.63, 3.8) is 0 Å². The molecule has 0 saturated carbocycles. The lowest BCUT2D eigenvalue weighted by Crippen LogP contribution is -2.11. The zero-order valence-electron chi connectivity index (χ0n) is 8.35. The molecule has 0 radical (unpaired) electrons. The Morgan fingerprint density at radius 3 is 2.65 bits per heavy atom. The number of nitrogens with one attached hydrogen (secondary N) is 1. The third-order valence-corrected chi connectivity index (χ3v) is 6.12. The van der Waals surface area contributed by atoms with E-state index in [0.717, 1.165) is 11.3 Å². The number of benzene rings is 1. The summed E-state index contributed by atoms with van der Waals surface area (Å²) in [5, 5.41) is 2.16. The smallest absolute Gasteiger partial charge is 0.271 e. The summed E-state index contributed by atoms with van der Waals surface area (Å²) in [6.45, 7) is 0. The summed E-state index contributed by atoms with van der Waals surface area (Å²) < 4.78 is 27.2. The number of sulfonamides is 1. The molecule has 0 bridgehead atoms. The average molecular weight is 353 g/mol. The Kier molecular flexibility index (Phi) is 3.77. The van der Waals surface area contributed by atoms with E-state index >= 15 is 0 Å². The molecule has 0 spiro atoms. The van der Waals surface area contributed by atoms with Gasteiger partial charge in [-0.05, 0) is 39.5 Å². The molecular formula is C10H7BrClNO2S2. The second-order valence-electron chi connectivity index (χ2n) is 3.14. The van der Waals surface area contributed by atoms with Gasteiger partial charge < -0.3 is 0 Å². The van der Waals surface area contributed by atoms with E-state index in [1.165, 1.54) is 0 Å². The quantitative estimate of drug-likeness (QED) is 0.908. The van der Waals surface area contributed by atoms with Gasteiger partial charge in [-0.1, -0.05) is 23.7 Å². The number of thiophene rings is 1. The SMILES string of the molecule is O=S(=O)(Nc1cccc(Cl)c1Br)c1cccs1. The fourth-order valence-electron chi connectivity index (χ4n) is 1.19. The van der Waals surface area contributed by atoms with Crippen molar-refractivity contribution in [3.05, 3.63) is 45.2 Å². The Balaban J connectivity index is 2.37. The Morgan fingerprint density at radius 2 is 2.00 bits per heavy atom. The zero-order chi connectivity index (χ0) is 12.5. The summed E-state index contributed by atoms with van der Waals surface area (Å²) in [4.78, 5) is 0. The van der Waals surface area contributed by atoms with Gasteiger partial charge in [0.15, 0.2) is 0 Å². The van der Waals surface area contributed by atoms with E-state index in [2.05, 4.69) is 20.7 Å². The maximum atomic E-state index is 12.0. The van der Waals surface area contributed by atoms with Crippen LogP contribution in [0.5, 0.6) is 0 Å². The summed E-state index contributed by atoms with van der Waals surface area (Å²) >= 11 is 10.3. The van der Waals surface area contributed by atoms with Gasteiger partial charge in [-0.25, -0.2) is 8.42 Å². The summed E-state index contributed by atoms with van der Waals surface area (Å²) in [6.07, 6.45) is 0. The highest BCUT2D eigenvalue weighted by Gasteiger charge is 2.17. The van der Waals surface area contributed by atoms with Crippen molar-refractivity contribution >= 4 is 54.6 Å². The van der Waals surface area contributed by atoms with Crippen molar-refractivity contribution in [3.8, 4) is 0 Å². The van der Waals surface area contributed by atoms with Crippen LogP contribution < -0.4 is 4.72 Å². The molecule has 0 aliphatic heterocycles. The molecule has 0 unspecified atom stereocenters. The van der Waals surface area contributed by atoms with E-state index in [1.54, 1.807) is 35.7 Å². The van der Waals surface area contributed by atoms with Crippen LogP contribution in [0.3, 0.4) is 0 Å². The van der Waals surface area contributed by atoms with Crippen LogP contribution in [0.2, 0.25) is 5.02 Å². The first-order valence-corrected chi connectivity index (χ1v) is 8.04. The van der Waals surface area contributed by atoms with Crippen LogP contribution in [0.15, 0.2) is 44.4 Å². The zero-order valence-corrected chi connectivity index (χ0v) is 12.3. The number of hydrogen-bond donors (Lipinski definition) is 1. The number of rotatable bonds is 3. The molecule has 0 fully saturated rings. The highest BCUT2D eigenvalue weighted by atomic mass is 79.9. The standard InChI is InChI=1S/C10H7BrClNO2S2/c11-10-7(12)3-1-4-8(10)13-17(14,15)9-5-2-6-16-9/h1-6,13H. The molecule has 0 atom stereocenters. The lowest BCUT2D eigenvalue weighted by atomic mass is 10.3. The van der Waals surface area contributed by atoms with E-state index in [1.807, 2.05) is 0 Å². The molecule has 0 amide bonds. The first kappa shape index (κ1) is 12.9. The molecule has 1 aromatic carbocycles. The fourth-order valence-corrected chi connectivity index (χ4v) is 3.93. The first-order chi connectivity index (χ1) is 8.00. The van der Waals surface area contributed by atoms with Crippen LogP contribution in [0.1, 0.15) is 0 Å². The monoisotopic (exact) mass is 351 g/mol. The highest BCUT2D eigenvalue weighted by Crippen LogP contribution is 2.32. The Hall–Kier alpha value is -0.560. The van der Waals surface area contributed by atoms with Gasteiger partial charge in [-0.3, -0.25) is 4.72 Å². The number of anilines is 1. The van der Waals surface area contributed by atoms with E-state index in [0.29, 0.717) is 15.2 Å².